The van der Waals surface area contributed by atoms with Gasteiger partial charge in [0.1, 0.15) is 5.75 Å². The van der Waals surface area contributed by atoms with Crippen molar-refractivity contribution in [2.24, 2.45) is 0 Å². The zero-order chi connectivity index (χ0) is 13.2. The maximum Gasteiger partial charge on any atom is 0.120 e. The molecule has 0 saturated heterocycles. The largest absolute Gasteiger partial charge is 0.491 e. The zero-order valence-corrected chi connectivity index (χ0v) is 12.0. The monoisotopic (exact) mass is 271 g/mol. The lowest BCUT2D eigenvalue weighted by atomic mass is 10.2. The van der Waals surface area contributed by atoms with Gasteiger partial charge in [-0.05, 0) is 49.6 Å². The number of hydrogen-bond donors (Lipinski definition) is 0. The Kier molecular flexibility index (Phi) is 3.30. The molecule has 98 valence electrons. The van der Waals surface area contributed by atoms with Crippen LogP contribution in [0.2, 0.25) is 0 Å². The van der Waals surface area contributed by atoms with Crippen LogP contribution in [-0.4, -0.2) is 10.7 Å². The predicted molar refractivity (Wildman–Crippen MR) is 81.1 cm³/mol. The summed E-state index contributed by atoms with van der Waals surface area (Å²) in [5, 5.41) is 3.35. The van der Waals surface area contributed by atoms with E-state index >= 15 is 0 Å². The third kappa shape index (κ3) is 2.66. The second kappa shape index (κ2) is 5.10. The maximum atomic E-state index is 5.73. The first-order valence-electron chi connectivity index (χ1n) is 6.50. The van der Waals surface area contributed by atoms with E-state index in [4.69, 9.17) is 4.74 Å². The van der Waals surface area contributed by atoms with Gasteiger partial charge in [-0.15, -0.1) is 11.3 Å². The number of fused-ring (bicyclic) bond motifs is 1. The molecule has 0 bridgehead atoms. The Balaban J connectivity index is 1.91. The third-order valence-corrected chi connectivity index (χ3v) is 3.88. The van der Waals surface area contributed by atoms with Gasteiger partial charge in [-0.3, -0.25) is 0 Å². The van der Waals surface area contributed by atoms with Crippen molar-refractivity contribution >= 4 is 22.2 Å². The van der Waals surface area contributed by atoms with Crippen LogP contribution in [0.5, 0.6) is 5.75 Å². The molecule has 0 unspecified atom stereocenters. The van der Waals surface area contributed by atoms with Crippen LogP contribution in [0.1, 0.15) is 18.7 Å². The van der Waals surface area contributed by atoms with Gasteiger partial charge in [0.15, 0.2) is 0 Å². The standard InChI is InChI=1S/C16H17NOS/c1-12(2)18-14-5-6-16-13(10-14)7-8-17(16)11-15-4-3-9-19-15/h3-10,12H,11H2,1-2H3. The van der Waals surface area contributed by atoms with Crippen molar-refractivity contribution < 1.29 is 4.74 Å². The van der Waals surface area contributed by atoms with Crippen LogP contribution in [-0.2, 0) is 6.54 Å². The van der Waals surface area contributed by atoms with Crippen molar-refractivity contribution in [1.29, 1.82) is 0 Å². The Labute approximate surface area is 117 Å². The first-order valence-corrected chi connectivity index (χ1v) is 7.38. The van der Waals surface area contributed by atoms with E-state index in [1.807, 2.05) is 19.9 Å². The quantitative estimate of drug-likeness (QED) is 0.679. The molecule has 3 heteroatoms. The lowest BCUT2D eigenvalue weighted by Crippen LogP contribution is -2.05. The molecule has 2 nitrogen and oxygen atoms in total. The van der Waals surface area contributed by atoms with Crippen LogP contribution in [0.3, 0.4) is 0 Å². The molecule has 3 rings (SSSR count). The van der Waals surface area contributed by atoms with E-state index < -0.39 is 0 Å². The number of thiophene rings is 1. The molecule has 0 aliphatic rings. The molecule has 0 saturated carbocycles. The van der Waals surface area contributed by atoms with Crippen LogP contribution < -0.4 is 4.74 Å². The second-order valence-corrected chi connectivity index (χ2v) is 5.94. The van der Waals surface area contributed by atoms with E-state index in [-0.39, 0.29) is 6.10 Å². The van der Waals surface area contributed by atoms with Gasteiger partial charge < -0.3 is 9.30 Å². The smallest absolute Gasteiger partial charge is 0.120 e. The molecule has 0 spiro atoms. The first kappa shape index (κ1) is 12.3. The van der Waals surface area contributed by atoms with E-state index in [1.165, 1.54) is 15.8 Å². The number of nitrogens with zero attached hydrogens (tertiary/aromatic N) is 1. The summed E-state index contributed by atoms with van der Waals surface area (Å²) in [7, 11) is 0. The van der Waals surface area contributed by atoms with Crippen LogP contribution in [0.15, 0.2) is 48.0 Å². The van der Waals surface area contributed by atoms with Crippen molar-refractivity contribution in [3.63, 3.8) is 0 Å². The highest BCUT2D eigenvalue weighted by Crippen LogP contribution is 2.24. The van der Waals surface area contributed by atoms with Crippen molar-refractivity contribution in [3.05, 3.63) is 52.9 Å². The van der Waals surface area contributed by atoms with E-state index in [0.29, 0.717) is 0 Å². The molecule has 0 atom stereocenters. The molecular weight excluding hydrogens is 254 g/mol. The van der Waals surface area contributed by atoms with Gasteiger partial charge >= 0.3 is 0 Å². The Morgan fingerprint density at radius 3 is 2.84 bits per heavy atom. The van der Waals surface area contributed by atoms with E-state index in [9.17, 15) is 0 Å². The van der Waals surface area contributed by atoms with Crippen molar-refractivity contribution in [1.82, 2.24) is 4.57 Å². The van der Waals surface area contributed by atoms with Gasteiger partial charge in [0.05, 0.1) is 12.6 Å². The average Bonchev–Trinajstić information content (AvgIpc) is 2.99. The normalized spacial score (nSPS) is 11.3. The van der Waals surface area contributed by atoms with Gasteiger partial charge in [-0.1, -0.05) is 6.07 Å². The van der Waals surface area contributed by atoms with Gasteiger partial charge in [-0.2, -0.15) is 0 Å². The molecule has 0 radical (unpaired) electrons. The first-order chi connectivity index (χ1) is 9.22. The Hall–Kier alpha value is -1.74. The van der Waals surface area contributed by atoms with Gasteiger partial charge in [0, 0.05) is 22.0 Å². The number of rotatable bonds is 4. The topological polar surface area (TPSA) is 14.2 Å². The minimum atomic E-state index is 0.214. The minimum Gasteiger partial charge on any atom is -0.491 e. The van der Waals surface area contributed by atoms with Gasteiger partial charge in [0.25, 0.3) is 0 Å². The van der Waals surface area contributed by atoms with Crippen LogP contribution >= 0.6 is 11.3 Å². The molecule has 3 aromatic rings. The maximum absolute atomic E-state index is 5.73. The summed E-state index contributed by atoms with van der Waals surface area (Å²) in [5.41, 5.74) is 1.25. The summed E-state index contributed by atoms with van der Waals surface area (Å²) in [6.07, 6.45) is 2.36. The fraction of sp³-hybridized carbons (Fsp3) is 0.250. The second-order valence-electron chi connectivity index (χ2n) is 4.91. The van der Waals surface area contributed by atoms with Gasteiger partial charge in [0.2, 0.25) is 0 Å². The molecule has 0 N–H and O–H groups in total. The molecule has 0 aliphatic carbocycles. The lowest BCUT2D eigenvalue weighted by molar-refractivity contribution is 0.243. The summed E-state index contributed by atoms with van der Waals surface area (Å²) in [6, 6.07) is 12.7. The van der Waals surface area contributed by atoms with Crippen LogP contribution in [0.25, 0.3) is 10.9 Å². The van der Waals surface area contributed by atoms with E-state index in [0.717, 1.165) is 12.3 Å². The Morgan fingerprint density at radius 1 is 1.21 bits per heavy atom. The Bertz CT molecular complexity index is 667. The number of benzene rings is 1. The molecule has 0 amide bonds. The molecular formula is C16H17NOS. The van der Waals surface area contributed by atoms with Crippen molar-refractivity contribution in [2.45, 2.75) is 26.5 Å². The molecule has 19 heavy (non-hydrogen) atoms. The van der Waals surface area contributed by atoms with Crippen LogP contribution in [0, 0.1) is 0 Å². The number of ether oxygens (including phenoxy) is 1. The highest BCUT2D eigenvalue weighted by Gasteiger charge is 2.05. The summed E-state index contributed by atoms with van der Waals surface area (Å²) in [4.78, 5) is 1.38. The molecule has 0 fully saturated rings. The summed E-state index contributed by atoms with van der Waals surface area (Å²) in [6.45, 7) is 5.03. The van der Waals surface area contributed by atoms with E-state index in [2.05, 4.69) is 46.5 Å². The third-order valence-electron chi connectivity index (χ3n) is 3.02. The number of aromatic nitrogens is 1. The SMILES string of the molecule is CC(C)Oc1ccc2c(ccn2Cc2cccs2)c1. The molecule has 2 aromatic heterocycles. The summed E-state index contributed by atoms with van der Waals surface area (Å²) >= 11 is 1.80. The van der Waals surface area contributed by atoms with Crippen LogP contribution in [0.4, 0.5) is 0 Å². The fourth-order valence-electron chi connectivity index (χ4n) is 2.23. The number of hydrogen-bond acceptors (Lipinski definition) is 2. The van der Waals surface area contributed by atoms with Crippen molar-refractivity contribution in [2.75, 3.05) is 0 Å². The lowest BCUT2D eigenvalue weighted by Gasteiger charge is -2.10. The predicted octanol–water partition coefficient (Wildman–Crippen LogP) is 4.54. The van der Waals surface area contributed by atoms with Gasteiger partial charge in [-0.25, -0.2) is 0 Å². The minimum absolute atomic E-state index is 0.214. The zero-order valence-electron chi connectivity index (χ0n) is 11.2. The summed E-state index contributed by atoms with van der Waals surface area (Å²) in [5.74, 6) is 0.941. The Morgan fingerprint density at radius 2 is 2.11 bits per heavy atom. The molecule has 0 aliphatic heterocycles. The molecule has 2 heterocycles. The average molecular weight is 271 g/mol. The summed E-state index contributed by atoms with van der Waals surface area (Å²) < 4.78 is 8.01. The highest BCUT2D eigenvalue weighted by atomic mass is 32.1. The molecule has 1 aromatic carbocycles. The van der Waals surface area contributed by atoms with E-state index in [1.54, 1.807) is 11.3 Å². The fourth-order valence-corrected chi connectivity index (χ4v) is 2.93. The van der Waals surface area contributed by atoms with Crippen molar-refractivity contribution in [3.8, 4) is 5.75 Å². The highest BCUT2D eigenvalue weighted by molar-refractivity contribution is 7.09.